The third-order valence-electron chi connectivity index (χ3n) is 12.8. The highest BCUT2D eigenvalue weighted by molar-refractivity contribution is 6.40. The van der Waals surface area contributed by atoms with Crippen LogP contribution < -0.4 is 10.6 Å². The van der Waals surface area contributed by atoms with E-state index in [1.165, 1.54) is 0 Å². The quantitative estimate of drug-likeness (QED) is 0.148. The predicted molar refractivity (Wildman–Crippen MR) is 214 cm³/mol. The molecule has 2 aliphatic heterocycles. The van der Waals surface area contributed by atoms with Gasteiger partial charge in [0.25, 0.3) is 11.8 Å². The second kappa shape index (κ2) is 14.7. The molecule has 3 N–H and O–H groups in total. The van der Waals surface area contributed by atoms with Gasteiger partial charge in [0.15, 0.2) is 5.82 Å². The molecule has 55 heavy (non-hydrogen) atoms. The lowest BCUT2D eigenvalue weighted by Crippen LogP contribution is -2.36. The normalized spacial score (nSPS) is 22.1. The van der Waals surface area contributed by atoms with Gasteiger partial charge in [-0.05, 0) is 100 Å². The fourth-order valence-corrected chi connectivity index (χ4v) is 9.94. The molecule has 2 saturated carbocycles. The van der Waals surface area contributed by atoms with E-state index in [0.29, 0.717) is 56.7 Å². The number of carboxylic acid groups (broad SMARTS) is 1. The zero-order valence-electron chi connectivity index (χ0n) is 31.6. The number of benzene rings is 2. The van der Waals surface area contributed by atoms with Crippen molar-refractivity contribution in [1.82, 2.24) is 24.3 Å². The zero-order valence-corrected chi connectivity index (χ0v) is 33.1. The van der Waals surface area contributed by atoms with Gasteiger partial charge in [0.05, 0.1) is 32.5 Å². The summed E-state index contributed by atoms with van der Waals surface area (Å²) in [5.74, 6) is -1.04. The molecule has 2 bridgehead atoms. The van der Waals surface area contributed by atoms with Gasteiger partial charge in [-0.25, -0.2) is 4.98 Å². The Labute approximate surface area is 331 Å². The van der Waals surface area contributed by atoms with Crippen molar-refractivity contribution >= 4 is 52.4 Å². The van der Waals surface area contributed by atoms with Crippen LogP contribution in [0, 0.1) is 10.8 Å². The van der Waals surface area contributed by atoms with Gasteiger partial charge in [-0.3, -0.25) is 29.2 Å². The molecule has 8 rings (SSSR count). The number of aromatic nitrogens is 3. The number of carbonyl (C=O) groups is 3. The highest BCUT2D eigenvalue weighted by Crippen LogP contribution is 2.63. The van der Waals surface area contributed by atoms with Gasteiger partial charge < -0.3 is 20.3 Å². The van der Waals surface area contributed by atoms with Crippen molar-refractivity contribution < 1.29 is 19.5 Å². The number of hydrogen-bond acceptors (Lipinski definition) is 7. The van der Waals surface area contributed by atoms with E-state index in [0.717, 1.165) is 100 Å². The van der Waals surface area contributed by atoms with Gasteiger partial charge in [-0.2, -0.15) is 0 Å². The number of rotatable bonds is 10. The summed E-state index contributed by atoms with van der Waals surface area (Å²) in [7, 11) is 1.87. The Balaban J connectivity index is 0.934. The first kappa shape index (κ1) is 37.6. The molecule has 4 heterocycles. The van der Waals surface area contributed by atoms with Gasteiger partial charge >= 0.3 is 5.97 Å². The number of aliphatic carboxylic acids is 1. The molecule has 11 nitrogen and oxygen atoms in total. The van der Waals surface area contributed by atoms with E-state index in [1.807, 2.05) is 29.8 Å². The highest BCUT2D eigenvalue weighted by Gasteiger charge is 2.57. The van der Waals surface area contributed by atoms with Crippen molar-refractivity contribution in [1.29, 1.82) is 0 Å². The minimum atomic E-state index is -0.626. The van der Waals surface area contributed by atoms with E-state index < -0.39 is 11.4 Å². The van der Waals surface area contributed by atoms with Crippen LogP contribution in [0.2, 0.25) is 10.0 Å². The van der Waals surface area contributed by atoms with Gasteiger partial charge in [0.1, 0.15) is 5.69 Å². The molecule has 288 valence electrons. The monoisotopic (exact) mass is 783 g/mol. The number of amides is 2. The minimum absolute atomic E-state index is 0.136. The lowest BCUT2D eigenvalue weighted by molar-refractivity contribution is -0.148. The Bertz CT molecular complexity index is 2190. The first-order chi connectivity index (χ1) is 26.3. The minimum Gasteiger partial charge on any atom is -0.481 e. The summed E-state index contributed by atoms with van der Waals surface area (Å²) < 4.78 is 1.87. The maximum atomic E-state index is 13.7. The molecule has 2 amide bonds. The maximum absolute atomic E-state index is 13.7. The van der Waals surface area contributed by atoms with Crippen molar-refractivity contribution in [2.45, 2.75) is 84.3 Å². The van der Waals surface area contributed by atoms with Crippen molar-refractivity contribution in [3.05, 3.63) is 92.7 Å². The van der Waals surface area contributed by atoms with E-state index >= 15 is 0 Å². The number of nitrogens with zero attached hydrogens (tertiary/aromatic N) is 5. The Kier molecular flexibility index (Phi) is 10.0. The Hall–Kier alpha value is -4.29. The van der Waals surface area contributed by atoms with E-state index in [9.17, 15) is 19.5 Å². The fourth-order valence-electron chi connectivity index (χ4n) is 9.39. The molecule has 0 atom stereocenters. The van der Waals surface area contributed by atoms with E-state index in [2.05, 4.69) is 39.3 Å². The Morgan fingerprint density at radius 1 is 0.891 bits per heavy atom. The molecule has 13 heteroatoms. The molecule has 4 aliphatic rings. The van der Waals surface area contributed by atoms with Crippen LogP contribution in [-0.2, 0) is 37.8 Å². The summed E-state index contributed by atoms with van der Waals surface area (Å²) in [6, 6.07) is 13.0. The molecule has 0 unspecified atom stereocenters. The lowest BCUT2D eigenvalue weighted by Gasteiger charge is -2.32. The second-order valence-corrected chi connectivity index (χ2v) is 17.1. The number of imidazole rings is 1. The third-order valence-corrected chi connectivity index (χ3v) is 13.6. The van der Waals surface area contributed by atoms with E-state index in [-0.39, 0.29) is 17.2 Å². The summed E-state index contributed by atoms with van der Waals surface area (Å²) >= 11 is 13.9. The average Bonchev–Trinajstić information content (AvgIpc) is 3.86. The van der Waals surface area contributed by atoms with Crippen LogP contribution in [0.5, 0.6) is 0 Å². The number of anilines is 2. The van der Waals surface area contributed by atoms with Crippen molar-refractivity contribution in [2.24, 2.45) is 17.9 Å². The largest absolute Gasteiger partial charge is 0.481 e. The van der Waals surface area contributed by atoms with Crippen LogP contribution in [0.1, 0.15) is 96.0 Å². The van der Waals surface area contributed by atoms with Crippen molar-refractivity contribution in [3.63, 3.8) is 0 Å². The molecular weight excluding hydrogens is 737 g/mol. The number of nitrogens with one attached hydrogen (secondary N) is 2. The van der Waals surface area contributed by atoms with Gasteiger partial charge in [-0.15, -0.1) is 0 Å². The molecule has 4 aromatic rings. The third kappa shape index (κ3) is 7.05. The smallest absolute Gasteiger partial charge is 0.309 e. The fraction of sp³-hybridized carbons (Fsp3) is 0.452. The average molecular weight is 785 g/mol. The first-order valence-electron chi connectivity index (χ1n) is 19.3. The topological polar surface area (TPSA) is 133 Å². The molecule has 2 aliphatic carbocycles. The Morgan fingerprint density at radius 2 is 1.56 bits per heavy atom. The number of fused-ring (bicyclic) bond motifs is 4. The number of hydrogen-bond donors (Lipinski definition) is 3. The van der Waals surface area contributed by atoms with Crippen LogP contribution in [0.25, 0.3) is 11.1 Å². The Morgan fingerprint density at radius 3 is 2.20 bits per heavy atom. The summed E-state index contributed by atoms with van der Waals surface area (Å²) in [6.07, 6.45) is 8.81. The first-order valence-corrected chi connectivity index (χ1v) is 20.0. The van der Waals surface area contributed by atoms with Crippen LogP contribution >= 0.6 is 23.2 Å². The summed E-state index contributed by atoms with van der Waals surface area (Å²) in [6.45, 7) is 8.53. The van der Waals surface area contributed by atoms with Crippen molar-refractivity contribution in [2.75, 3.05) is 30.3 Å². The summed E-state index contributed by atoms with van der Waals surface area (Å²) in [5, 5.41) is 16.3. The second-order valence-electron chi connectivity index (χ2n) is 16.3. The molecule has 0 saturated heterocycles. The number of halogens is 2. The maximum Gasteiger partial charge on any atom is 0.309 e. The summed E-state index contributed by atoms with van der Waals surface area (Å²) in [5.41, 5.74) is 6.20. The SMILES string of the molecule is CC(C)N1CCc2cc(C(=O)Nc3cccc(-c4cccc(NC(=O)c5nc6c(n5C)CCN(CCC57CCC(C(=O)O)(CC5)C7)C6)c4Cl)c3Cl)ncc2C1. The molecule has 2 aromatic heterocycles. The number of carboxylic acids is 1. The molecule has 0 radical (unpaired) electrons. The van der Waals surface area contributed by atoms with Gasteiger partial charge in [-0.1, -0.05) is 47.5 Å². The number of carbonyl (C=O) groups excluding carboxylic acids is 2. The molecular formula is C42H47Cl2N7O4. The molecule has 2 fully saturated rings. The zero-order chi connectivity index (χ0) is 38.6. The number of pyridine rings is 1. The van der Waals surface area contributed by atoms with Crippen LogP contribution in [-0.4, -0.2) is 72.9 Å². The van der Waals surface area contributed by atoms with Crippen molar-refractivity contribution in [3.8, 4) is 11.1 Å². The standard InChI is InChI=1S/C42H47Cl2N7O4/c1-25(2)51-18-10-26-20-32(45-21-27(26)22-51)38(52)47-30-8-4-6-28(35(30)43)29-7-5-9-31(36(29)44)48-39(53)37-46-33-23-50(17-11-34(33)49(37)3)19-16-41-12-14-42(24-41,15-13-41)40(54)55/h4-9,20-21,25H,10-19,22-24H2,1-3H3,(H,47,52)(H,48,53)(H,54,55). The van der Waals surface area contributed by atoms with Crippen LogP contribution in [0.4, 0.5) is 11.4 Å². The molecule has 2 aromatic carbocycles. The van der Waals surface area contributed by atoms with Crippen LogP contribution in [0.3, 0.4) is 0 Å². The van der Waals surface area contributed by atoms with Gasteiger partial charge in [0, 0.05) is 68.7 Å². The molecule has 0 spiro atoms. The summed E-state index contributed by atoms with van der Waals surface area (Å²) in [4.78, 5) is 53.1. The highest BCUT2D eigenvalue weighted by atomic mass is 35.5. The lowest BCUT2D eigenvalue weighted by atomic mass is 9.80. The van der Waals surface area contributed by atoms with Gasteiger partial charge in [0.2, 0.25) is 0 Å². The van der Waals surface area contributed by atoms with E-state index in [4.69, 9.17) is 28.2 Å². The van der Waals surface area contributed by atoms with E-state index in [1.54, 1.807) is 30.5 Å². The van der Waals surface area contributed by atoms with Crippen LogP contribution in [0.15, 0.2) is 48.7 Å². The predicted octanol–water partition coefficient (Wildman–Crippen LogP) is 7.84.